The van der Waals surface area contributed by atoms with Crippen molar-refractivity contribution in [2.45, 2.75) is 90.1 Å². The first-order valence-electron chi connectivity index (χ1n) is 13.3. The Morgan fingerprint density at radius 2 is 1.24 bits per heavy atom. The molecule has 0 radical (unpaired) electrons. The Hall–Kier alpha value is -0.980. The Morgan fingerprint density at radius 1 is 0.737 bits per heavy atom. The van der Waals surface area contributed by atoms with E-state index in [4.69, 9.17) is 28.2 Å². The molecular formula is C29H42O7P2. The topological polar surface area (TPSA) is 75.6 Å². The summed E-state index contributed by atoms with van der Waals surface area (Å²) in [6, 6.07) is 19.9. The predicted molar refractivity (Wildman–Crippen MR) is 152 cm³/mol. The van der Waals surface area contributed by atoms with Crippen LogP contribution in [0.3, 0.4) is 0 Å². The zero-order valence-corrected chi connectivity index (χ0v) is 24.9. The van der Waals surface area contributed by atoms with Crippen LogP contribution in [0.25, 0.3) is 0 Å². The molecule has 0 amide bonds. The minimum Gasteiger partial charge on any atom is -0.390 e. The lowest BCUT2D eigenvalue weighted by Gasteiger charge is -2.48. The third kappa shape index (κ3) is 7.60. The third-order valence-electron chi connectivity index (χ3n) is 7.56. The van der Waals surface area contributed by atoms with Crippen LogP contribution in [-0.2, 0) is 41.4 Å². The van der Waals surface area contributed by atoms with Crippen LogP contribution in [0.2, 0.25) is 0 Å². The largest absolute Gasteiger partial charge is 0.390 e. The van der Waals surface area contributed by atoms with Crippen LogP contribution in [0, 0.1) is 11.8 Å². The first-order chi connectivity index (χ1) is 18.2. The molecule has 2 aliphatic rings. The first kappa shape index (κ1) is 30.0. The van der Waals surface area contributed by atoms with Crippen LogP contribution in [0.1, 0.15) is 38.8 Å². The smallest absolute Gasteiger partial charge is 0.190 e. The van der Waals surface area contributed by atoms with Gasteiger partial charge in [-0.15, -0.1) is 0 Å². The van der Waals surface area contributed by atoms with Crippen molar-refractivity contribution >= 4 is 16.8 Å². The Labute approximate surface area is 230 Å². The summed E-state index contributed by atoms with van der Waals surface area (Å²) in [7, 11) is 1.93. The summed E-state index contributed by atoms with van der Waals surface area (Å²) < 4.78 is 38.3. The van der Waals surface area contributed by atoms with Crippen LogP contribution < -0.4 is 0 Å². The number of benzene rings is 2. The molecule has 2 heterocycles. The fourth-order valence-corrected chi connectivity index (χ4v) is 5.74. The zero-order chi connectivity index (χ0) is 27.2. The molecule has 1 N–H and O–H groups in total. The lowest BCUT2D eigenvalue weighted by Crippen LogP contribution is -2.60. The fraction of sp³-hybridized carbons (Fsp3) is 0.586. The SMILES string of the molecule is CC1OC(OC2C(C)C(C)OC(OP(C)P)C2OCc2ccccc2)C(OCc2ccccc2)C(O)C1C. The Bertz CT molecular complexity index is 966. The number of aliphatic hydroxyl groups excluding tert-OH is 1. The van der Waals surface area contributed by atoms with Crippen molar-refractivity contribution in [1.82, 2.24) is 0 Å². The van der Waals surface area contributed by atoms with Gasteiger partial charge in [0.25, 0.3) is 0 Å². The van der Waals surface area contributed by atoms with Gasteiger partial charge in [0.1, 0.15) is 12.2 Å². The van der Waals surface area contributed by atoms with Crippen LogP contribution in [0.15, 0.2) is 60.7 Å². The van der Waals surface area contributed by atoms with Gasteiger partial charge in [-0.25, -0.2) is 0 Å². The Morgan fingerprint density at radius 3 is 1.79 bits per heavy atom. The van der Waals surface area contributed by atoms with Gasteiger partial charge in [-0.1, -0.05) is 83.4 Å². The number of ether oxygens (including phenoxy) is 5. The summed E-state index contributed by atoms with van der Waals surface area (Å²) >= 11 is 0. The van der Waals surface area contributed by atoms with E-state index in [1.54, 1.807) is 0 Å². The maximum Gasteiger partial charge on any atom is 0.190 e. The standard InChI is InChI=1S/C29H42O7P2/c1-18-20(3)33-28(26(24(18)30)31-16-22-12-8-6-9-13-22)35-25-19(2)21(4)34-29(36-38(5)37)27(25)32-17-23-14-10-7-11-15-23/h6-15,18-21,24-30H,16-17,37H2,1-5H3. The molecule has 38 heavy (non-hydrogen) atoms. The minimum absolute atomic E-state index is 0.0200. The molecule has 2 saturated heterocycles. The second kappa shape index (κ2) is 14.1. The van der Waals surface area contributed by atoms with E-state index in [-0.39, 0.29) is 24.0 Å². The summed E-state index contributed by atoms with van der Waals surface area (Å²) in [5.74, 6) is -0.128. The molecule has 0 aromatic heterocycles. The van der Waals surface area contributed by atoms with Gasteiger partial charge in [0.05, 0.1) is 37.6 Å². The molecule has 12 atom stereocenters. The first-order valence-corrected chi connectivity index (χ1v) is 16.7. The average Bonchev–Trinajstić information content (AvgIpc) is 2.90. The van der Waals surface area contributed by atoms with Gasteiger partial charge in [0, 0.05) is 19.7 Å². The Balaban J connectivity index is 1.56. The van der Waals surface area contributed by atoms with Gasteiger partial charge in [-0.3, -0.25) is 0 Å². The van der Waals surface area contributed by atoms with Gasteiger partial charge in [0.15, 0.2) is 12.6 Å². The second-order valence-corrected chi connectivity index (χ2v) is 13.9. The molecule has 7 nitrogen and oxygen atoms in total. The summed E-state index contributed by atoms with van der Waals surface area (Å²) in [6.45, 7) is 10.8. The number of hydrogen-bond donors (Lipinski definition) is 1. The molecule has 0 bridgehead atoms. The van der Waals surface area contributed by atoms with E-state index in [2.05, 4.69) is 15.9 Å². The van der Waals surface area contributed by atoms with Gasteiger partial charge >= 0.3 is 0 Å². The second-order valence-electron chi connectivity index (χ2n) is 10.4. The van der Waals surface area contributed by atoms with E-state index in [1.165, 1.54) is 0 Å². The lowest BCUT2D eigenvalue weighted by molar-refractivity contribution is -0.344. The maximum absolute atomic E-state index is 11.2. The van der Waals surface area contributed by atoms with Crippen LogP contribution >= 0.6 is 16.8 Å². The van der Waals surface area contributed by atoms with Crippen molar-refractivity contribution < 1.29 is 33.3 Å². The summed E-state index contributed by atoms with van der Waals surface area (Å²) in [6.07, 6.45) is -4.03. The molecule has 2 fully saturated rings. The highest BCUT2D eigenvalue weighted by Crippen LogP contribution is 2.46. The van der Waals surface area contributed by atoms with Crippen molar-refractivity contribution in [2.24, 2.45) is 11.8 Å². The van der Waals surface area contributed by atoms with Crippen molar-refractivity contribution in [3.8, 4) is 0 Å². The predicted octanol–water partition coefficient (Wildman–Crippen LogP) is 5.50. The molecular weight excluding hydrogens is 522 g/mol. The van der Waals surface area contributed by atoms with Gasteiger partial charge in [0.2, 0.25) is 0 Å². The van der Waals surface area contributed by atoms with Crippen LogP contribution in [0.4, 0.5) is 0 Å². The van der Waals surface area contributed by atoms with Crippen molar-refractivity contribution in [2.75, 3.05) is 6.66 Å². The van der Waals surface area contributed by atoms with Gasteiger partial charge in [-0.05, 0) is 31.6 Å². The molecule has 9 heteroatoms. The molecule has 12 unspecified atom stereocenters. The lowest BCUT2D eigenvalue weighted by atomic mass is 9.89. The van der Waals surface area contributed by atoms with E-state index in [0.29, 0.717) is 13.2 Å². The van der Waals surface area contributed by atoms with E-state index in [9.17, 15) is 5.11 Å². The maximum atomic E-state index is 11.2. The molecule has 0 saturated carbocycles. The quantitative estimate of drug-likeness (QED) is 0.382. The highest BCUT2D eigenvalue weighted by molar-refractivity contribution is 8.10. The van der Waals surface area contributed by atoms with Crippen LogP contribution in [-0.4, -0.2) is 61.0 Å². The number of hydrogen-bond acceptors (Lipinski definition) is 7. The monoisotopic (exact) mass is 564 g/mol. The van der Waals surface area contributed by atoms with E-state index < -0.39 is 44.8 Å². The van der Waals surface area contributed by atoms with Crippen molar-refractivity contribution in [3.63, 3.8) is 0 Å². The fourth-order valence-electron chi connectivity index (χ4n) is 4.88. The van der Waals surface area contributed by atoms with E-state index >= 15 is 0 Å². The molecule has 2 aromatic carbocycles. The highest BCUT2D eigenvalue weighted by atomic mass is 32.0. The minimum atomic E-state index is -0.787. The van der Waals surface area contributed by atoms with E-state index in [1.807, 2.05) is 88.1 Å². The zero-order valence-electron chi connectivity index (χ0n) is 22.9. The average molecular weight is 565 g/mol. The van der Waals surface area contributed by atoms with Crippen molar-refractivity contribution in [3.05, 3.63) is 71.8 Å². The van der Waals surface area contributed by atoms with Crippen molar-refractivity contribution in [1.29, 1.82) is 0 Å². The number of rotatable bonds is 10. The molecule has 0 aliphatic carbocycles. The molecule has 2 aliphatic heterocycles. The number of aliphatic hydroxyl groups is 1. The summed E-state index contributed by atoms with van der Waals surface area (Å²) in [5, 5.41) is 11.2. The third-order valence-corrected chi connectivity index (χ3v) is 8.47. The van der Waals surface area contributed by atoms with Gasteiger partial charge in [-0.2, -0.15) is 0 Å². The normalized spacial score (nSPS) is 36.6. The molecule has 210 valence electrons. The van der Waals surface area contributed by atoms with E-state index in [0.717, 1.165) is 11.1 Å². The summed E-state index contributed by atoms with van der Waals surface area (Å²) in [5.41, 5.74) is 2.07. The Kier molecular flexibility index (Phi) is 11.1. The highest BCUT2D eigenvalue weighted by Gasteiger charge is 2.50. The summed E-state index contributed by atoms with van der Waals surface area (Å²) in [4.78, 5) is 0. The van der Waals surface area contributed by atoms with Crippen LogP contribution in [0.5, 0.6) is 0 Å². The molecule has 2 aromatic rings. The molecule has 4 rings (SSSR count). The van der Waals surface area contributed by atoms with Gasteiger partial charge < -0.3 is 33.3 Å². The molecule has 0 spiro atoms.